The molecule has 5 heteroatoms. The molecule has 2 aliphatic carbocycles. The molecule has 2 saturated carbocycles. The molecule has 4 aliphatic rings. The first-order valence-corrected chi connectivity index (χ1v) is 12.9. The van der Waals surface area contributed by atoms with E-state index in [1.54, 1.807) is 0 Å². The molecule has 0 aromatic heterocycles. The van der Waals surface area contributed by atoms with Gasteiger partial charge in [0.1, 0.15) is 11.4 Å². The van der Waals surface area contributed by atoms with Gasteiger partial charge in [-0.3, -0.25) is 9.59 Å². The minimum absolute atomic E-state index is 0.0152. The van der Waals surface area contributed by atoms with E-state index in [9.17, 15) is 9.59 Å². The first-order chi connectivity index (χ1) is 14.8. The Bertz CT molecular complexity index is 742. The van der Waals surface area contributed by atoms with E-state index in [-0.39, 0.29) is 22.6 Å². The topological polar surface area (TPSA) is 68.4 Å². The third-order valence-electron chi connectivity index (χ3n) is 9.19. The van der Waals surface area contributed by atoms with Crippen molar-refractivity contribution in [3.8, 4) is 0 Å². The molecule has 4 fully saturated rings. The average Bonchev–Trinajstić information content (AvgIpc) is 3.55. The number of carbonyl (C=O) groups is 2. The van der Waals surface area contributed by atoms with Gasteiger partial charge in [-0.25, -0.2) is 0 Å². The summed E-state index contributed by atoms with van der Waals surface area (Å²) in [6.45, 7) is 12.9. The van der Waals surface area contributed by atoms with Crippen molar-refractivity contribution < 1.29 is 23.8 Å². The predicted octanol–water partition coefficient (Wildman–Crippen LogP) is 5.77. The van der Waals surface area contributed by atoms with E-state index < -0.39 is 5.60 Å². The molecule has 2 heterocycles. The normalized spacial score (nSPS) is 38.4. The van der Waals surface area contributed by atoms with Crippen molar-refractivity contribution in [1.82, 2.24) is 0 Å². The maximum absolute atomic E-state index is 12.7. The second-order valence-electron chi connectivity index (χ2n) is 12.8. The van der Waals surface area contributed by atoms with Gasteiger partial charge in [0.25, 0.3) is 0 Å². The fourth-order valence-corrected chi connectivity index (χ4v) is 6.48. The third kappa shape index (κ3) is 5.24. The van der Waals surface area contributed by atoms with Crippen LogP contribution in [0.3, 0.4) is 0 Å². The summed E-state index contributed by atoms with van der Waals surface area (Å²) in [5.74, 6) is 1.09. The van der Waals surface area contributed by atoms with E-state index in [4.69, 9.17) is 14.2 Å². The first-order valence-electron chi connectivity index (χ1n) is 12.9. The SMILES string of the molecule is CC(C)(CC(=O)CCCCC(=O)OC(C)(C)C1CCC2(C)OC2C1)C1CCC2OC2(C)C1. The molecule has 182 valence electrons. The Morgan fingerprint density at radius 3 is 2.28 bits per heavy atom. The number of carbonyl (C=O) groups excluding carboxylic acids is 2. The van der Waals surface area contributed by atoms with E-state index >= 15 is 0 Å². The number of rotatable bonds is 10. The lowest BCUT2D eigenvalue weighted by atomic mass is 9.66. The van der Waals surface area contributed by atoms with E-state index in [1.807, 2.05) is 13.8 Å². The number of epoxide rings is 2. The Labute approximate surface area is 194 Å². The van der Waals surface area contributed by atoms with Gasteiger partial charge in [-0.15, -0.1) is 0 Å². The molecule has 4 rings (SSSR count). The molecule has 0 radical (unpaired) electrons. The number of hydrogen-bond donors (Lipinski definition) is 0. The van der Waals surface area contributed by atoms with Gasteiger partial charge in [0.15, 0.2) is 0 Å². The van der Waals surface area contributed by atoms with Crippen molar-refractivity contribution in [1.29, 1.82) is 0 Å². The van der Waals surface area contributed by atoms with Crippen molar-refractivity contribution in [2.24, 2.45) is 17.3 Å². The molecule has 0 spiro atoms. The molecule has 0 amide bonds. The third-order valence-corrected chi connectivity index (χ3v) is 9.19. The van der Waals surface area contributed by atoms with Gasteiger partial charge in [-0.2, -0.15) is 0 Å². The van der Waals surface area contributed by atoms with Crippen LogP contribution in [0.15, 0.2) is 0 Å². The lowest BCUT2D eigenvalue weighted by molar-refractivity contribution is -0.163. The summed E-state index contributed by atoms with van der Waals surface area (Å²) in [6, 6.07) is 0. The molecule has 0 aromatic carbocycles. The maximum atomic E-state index is 12.7. The summed E-state index contributed by atoms with van der Waals surface area (Å²) in [6.07, 6.45) is 10.3. The van der Waals surface area contributed by atoms with Crippen LogP contribution < -0.4 is 0 Å². The smallest absolute Gasteiger partial charge is 0.306 e. The Morgan fingerprint density at radius 2 is 1.59 bits per heavy atom. The van der Waals surface area contributed by atoms with Crippen molar-refractivity contribution in [3.63, 3.8) is 0 Å². The zero-order chi connectivity index (χ0) is 23.4. The van der Waals surface area contributed by atoms with Gasteiger partial charge >= 0.3 is 5.97 Å². The second-order valence-corrected chi connectivity index (χ2v) is 12.8. The van der Waals surface area contributed by atoms with Crippen molar-refractivity contribution >= 4 is 11.8 Å². The van der Waals surface area contributed by atoms with Crippen LogP contribution in [0.1, 0.15) is 112 Å². The van der Waals surface area contributed by atoms with Crippen LogP contribution in [0.25, 0.3) is 0 Å². The minimum Gasteiger partial charge on any atom is -0.459 e. The lowest BCUT2D eigenvalue weighted by Gasteiger charge is -2.37. The van der Waals surface area contributed by atoms with Gasteiger partial charge in [0.05, 0.1) is 23.4 Å². The van der Waals surface area contributed by atoms with Crippen LogP contribution in [0.2, 0.25) is 0 Å². The summed E-state index contributed by atoms with van der Waals surface area (Å²) in [4.78, 5) is 25.1. The Hall–Kier alpha value is -0.940. The molecular formula is C27H44O5. The molecule has 0 N–H and O–H groups in total. The van der Waals surface area contributed by atoms with Gasteiger partial charge in [-0.1, -0.05) is 13.8 Å². The van der Waals surface area contributed by atoms with Crippen LogP contribution in [-0.4, -0.2) is 40.8 Å². The van der Waals surface area contributed by atoms with Gasteiger partial charge in [0, 0.05) is 25.2 Å². The number of ether oxygens (including phenoxy) is 3. The molecule has 6 atom stereocenters. The molecule has 6 unspecified atom stereocenters. The van der Waals surface area contributed by atoms with Gasteiger partial charge < -0.3 is 14.2 Å². The Morgan fingerprint density at radius 1 is 0.906 bits per heavy atom. The largest absolute Gasteiger partial charge is 0.459 e. The number of fused-ring (bicyclic) bond motifs is 2. The molecule has 0 bridgehead atoms. The van der Waals surface area contributed by atoms with Crippen LogP contribution in [-0.2, 0) is 23.8 Å². The van der Waals surface area contributed by atoms with Gasteiger partial charge in [0.2, 0.25) is 0 Å². The standard InChI is InChI=1S/C27H44O5/c1-24(2,19-11-12-21-27(6,16-19)30-21)17-20(28)9-7-8-10-23(29)32-25(3,4)18-13-14-26(5)22(15-18)31-26/h18-19,21-22H,7-17H2,1-6H3. The quantitative estimate of drug-likeness (QED) is 0.241. The fourth-order valence-electron chi connectivity index (χ4n) is 6.48. The molecule has 2 saturated heterocycles. The van der Waals surface area contributed by atoms with Crippen LogP contribution in [0.5, 0.6) is 0 Å². The summed E-state index contributed by atoms with van der Waals surface area (Å²) in [5.41, 5.74) is -0.284. The zero-order valence-corrected chi connectivity index (χ0v) is 21.1. The van der Waals surface area contributed by atoms with E-state index in [0.29, 0.717) is 55.5 Å². The Balaban J connectivity index is 1.12. The van der Waals surface area contributed by atoms with Crippen LogP contribution >= 0.6 is 0 Å². The minimum atomic E-state index is -0.453. The number of esters is 1. The highest BCUT2D eigenvalue weighted by molar-refractivity contribution is 5.79. The highest BCUT2D eigenvalue weighted by Gasteiger charge is 2.58. The van der Waals surface area contributed by atoms with Crippen LogP contribution in [0.4, 0.5) is 0 Å². The number of Topliss-reactive ketones (excluding diaryl/α,β-unsaturated/α-hetero) is 1. The molecule has 2 aliphatic heterocycles. The number of hydrogen-bond acceptors (Lipinski definition) is 5. The zero-order valence-electron chi connectivity index (χ0n) is 21.1. The predicted molar refractivity (Wildman–Crippen MR) is 123 cm³/mol. The Kier molecular flexibility index (Phi) is 6.33. The summed E-state index contributed by atoms with van der Waals surface area (Å²) >= 11 is 0. The van der Waals surface area contributed by atoms with Crippen molar-refractivity contribution in [2.75, 3.05) is 0 Å². The van der Waals surface area contributed by atoms with Crippen molar-refractivity contribution in [2.45, 2.75) is 141 Å². The molecule has 0 aromatic rings. The number of unbranched alkanes of at least 4 members (excludes halogenated alkanes) is 1. The summed E-state index contributed by atoms with van der Waals surface area (Å²) in [7, 11) is 0. The fraction of sp³-hybridized carbons (Fsp3) is 0.926. The summed E-state index contributed by atoms with van der Waals surface area (Å²) < 4.78 is 17.5. The molecule has 5 nitrogen and oxygen atoms in total. The lowest BCUT2D eigenvalue weighted by Crippen LogP contribution is -2.40. The highest BCUT2D eigenvalue weighted by atomic mass is 16.6. The molecular weight excluding hydrogens is 404 g/mol. The second kappa shape index (κ2) is 8.37. The van der Waals surface area contributed by atoms with Crippen molar-refractivity contribution in [3.05, 3.63) is 0 Å². The molecule has 32 heavy (non-hydrogen) atoms. The van der Waals surface area contributed by atoms with E-state index in [0.717, 1.165) is 44.9 Å². The van der Waals surface area contributed by atoms with E-state index in [2.05, 4.69) is 27.7 Å². The highest BCUT2D eigenvalue weighted by Crippen LogP contribution is 2.54. The first kappa shape index (κ1) is 24.2. The maximum Gasteiger partial charge on any atom is 0.306 e. The van der Waals surface area contributed by atoms with Crippen LogP contribution in [0, 0.1) is 17.3 Å². The van der Waals surface area contributed by atoms with E-state index in [1.165, 1.54) is 0 Å². The summed E-state index contributed by atoms with van der Waals surface area (Å²) in [5, 5.41) is 0. The average molecular weight is 449 g/mol. The number of ketones is 1. The monoisotopic (exact) mass is 448 g/mol. The van der Waals surface area contributed by atoms with Gasteiger partial charge in [-0.05, 0) is 90.4 Å².